The van der Waals surface area contributed by atoms with E-state index in [0.29, 0.717) is 13.2 Å². The molecule has 1 atom stereocenters. The number of rotatable bonds is 5. The average molecular weight is 271 g/mol. The zero-order valence-corrected chi connectivity index (χ0v) is 11.2. The van der Waals surface area contributed by atoms with Gasteiger partial charge in [0.1, 0.15) is 6.61 Å². The number of amides is 1. The molecule has 1 aromatic carbocycles. The number of aliphatic carboxylic acids is 1. The molecule has 6 nitrogen and oxygen atoms in total. The summed E-state index contributed by atoms with van der Waals surface area (Å²) in [5, 5.41) is 13.2. The number of hydrogen-bond acceptors (Lipinski definition) is 5. The van der Waals surface area contributed by atoms with Crippen molar-refractivity contribution in [1.29, 1.82) is 0 Å². The molecule has 102 valence electrons. The van der Waals surface area contributed by atoms with Gasteiger partial charge in [-0.3, -0.25) is 0 Å². The largest absolute Gasteiger partial charge is 1.00 e. The van der Waals surface area contributed by atoms with Crippen molar-refractivity contribution in [2.75, 3.05) is 13.2 Å². The predicted molar refractivity (Wildman–Crippen MR) is 62.9 cm³/mol. The van der Waals surface area contributed by atoms with Crippen LogP contribution in [0.4, 0.5) is 4.79 Å². The first-order chi connectivity index (χ1) is 9.16. The Balaban J connectivity index is 0.00000200. The first-order valence-electron chi connectivity index (χ1n) is 5.92. The Bertz CT molecular complexity index is 449. The van der Waals surface area contributed by atoms with Crippen LogP contribution in [0.2, 0.25) is 0 Å². The molecule has 0 radical (unpaired) electrons. The van der Waals surface area contributed by atoms with E-state index in [1.165, 1.54) is 0 Å². The maximum absolute atomic E-state index is 11.5. The van der Waals surface area contributed by atoms with Gasteiger partial charge < -0.3 is 24.7 Å². The number of hydrogen-bond donors (Lipinski definition) is 1. The van der Waals surface area contributed by atoms with E-state index in [9.17, 15) is 14.7 Å². The molecule has 1 aromatic rings. The van der Waals surface area contributed by atoms with Gasteiger partial charge in [0.05, 0.1) is 25.2 Å². The van der Waals surface area contributed by atoms with Crippen LogP contribution in [0, 0.1) is 5.92 Å². The van der Waals surface area contributed by atoms with Gasteiger partial charge in [0, 0.05) is 5.92 Å². The van der Waals surface area contributed by atoms with E-state index in [1.54, 1.807) is 0 Å². The number of carboxylic acid groups (broad SMARTS) is 1. The number of carbonyl (C=O) groups excluding carboxylic acids is 2. The van der Waals surface area contributed by atoms with Crippen LogP contribution < -0.4 is 29.3 Å². The second kappa shape index (κ2) is 7.95. The SMILES string of the molecule is O=C(NC(C(=O)[O-])C1COC1)OCc1ccccc1.[Li+]. The van der Waals surface area contributed by atoms with Crippen LogP contribution in [0.5, 0.6) is 0 Å². The second-order valence-corrected chi connectivity index (χ2v) is 4.30. The van der Waals surface area contributed by atoms with Crippen molar-refractivity contribution in [3.8, 4) is 0 Å². The van der Waals surface area contributed by atoms with Crippen molar-refractivity contribution in [1.82, 2.24) is 5.32 Å². The second-order valence-electron chi connectivity index (χ2n) is 4.30. The van der Waals surface area contributed by atoms with E-state index in [-0.39, 0.29) is 31.4 Å². The molecule has 1 saturated heterocycles. The summed E-state index contributed by atoms with van der Waals surface area (Å²) >= 11 is 0. The first-order valence-corrected chi connectivity index (χ1v) is 5.92. The van der Waals surface area contributed by atoms with E-state index >= 15 is 0 Å². The minimum atomic E-state index is -1.33. The Morgan fingerprint density at radius 2 is 2.00 bits per heavy atom. The Labute approximate surface area is 128 Å². The van der Waals surface area contributed by atoms with Crippen molar-refractivity contribution in [2.24, 2.45) is 5.92 Å². The molecule has 20 heavy (non-hydrogen) atoms. The van der Waals surface area contributed by atoms with Crippen LogP contribution in [0.15, 0.2) is 30.3 Å². The van der Waals surface area contributed by atoms with Crippen molar-refractivity contribution >= 4 is 12.1 Å². The summed E-state index contributed by atoms with van der Waals surface area (Å²) in [6.07, 6.45) is -0.773. The van der Waals surface area contributed by atoms with Crippen LogP contribution in [-0.4, -0.2) is 31.3 Å². The Kier molecular flexibility index (Phi) is 6.59. The van der Waals surface area contributed by atoms with Gasteiger partial charge in [-0.2, -0.15) is 0 Å². The molecule has 0 spiro atoms. The number of ether oxygens (including phenoxy) is 2. The third-order valence-electron chi connectivity index (χ3n) is 2.88. The predicted octanol–water partition coefficient (Wildman–Crippen LogP) is -3.32. The first kappa shape index (κ1) is 16.6. The number of nitrogens with one attached hydrogen (secondary N) is 1. The number of carboxylic acids is 1. The summed E-state index contributed by atoms with van der Waals surface area (Å²) in [6, 6.07) is 8.05. The van der Waals surface area contributed by atoms with Crippen molar-refractivity contribution in [3.05, 3.63) is 35.9 Å². The summed E-state index contributed by atoms with van der Waals surface area (Å²) in [6.45, 7) is 0.697. The zero-order chi connectivity index (χ0) is 13.7. The number of alkyl carbamates (subject to hydrolysis) is 1. The van der Waals surface area contributed by atoms with E-state index in [1.807, 2.05) is 30.3 Å². The van der Waals surface area contributed by atoms with Crippen LogP contribution in [0.1, 0.15) is 5.56 Å². The van der Waals surface area contributed by atoms with E-state index in [0.717, 1.165) is 5.56 Å². The third kappa shape index (κ3) is 4.56. The summed E-state index contributed by atoms with van der Waals surface area (Å²) in [4.78, 5) is 22.4. The fourth-order valence-corrected chi connectivity index (χ4v) is 1.71. The van der Waals surface area contributed by atoms with E-state index in [2.05, 4.69) is 5.32 Å². The van der Waals surface area contributed by atoms with E-state index < -0.39 is 18.1 Å². The summed E-state index contributed by atoms with van der Waals surface area (Å²) in [5.74, 6) is -1.58. The average Bonchev–Trinajstić information content (AvgIpc) is 2.34. The smallest absolute Gasteiger partial charge is 0.548 e. The van der Waals surface area contributed by atoms with Crippen molar-refractivity contribution in [3.63, 3.8) is 0 Å². The van der Waals surface area contributed by atoms with E-state index in [4.69, 9.17) is 9.47 Å². The summed E-state index contributed by atoms with van der Waals surface area (Å²) in [7, 11) is 0. The normalized spacial score (nSPS) is 15.4. The molecular weight excluding hydrogens is 257 g/mol. The molecule has 0 aromatic heterocycles. The molecule has 7 heteroatoms. The van der Waals surface area contributed by atoms with Gasteiger partial charge in [-0.05, 0) is 5.56 Å². The van der Waals surface area contributed by atoms with Gasteiger partial charge in [-0.15, -0.1) is 0 Å². The minimum absolute atomic E-state index is 0. The van der Waals surface area contributed by atoms with Gasteiger partial charge in [0.25, 0.3) is 0 Å². The Hall–Kier alpha value is -1.48. The molecule has 1 amide bonds. The minimum Gasteiger partial charge on any atom is -0.548 e. The molecule has 2 rings (SSSR count). The number of carbonyl (C=O) groups is 2. The molecule has 1 unspecified atom stereocenters. The summed E-state index contributed by atoms with van der Waals surface area (Å²) in [5.41, 5.74) is 0.828. The van der Waals surface area contributed by atoms with Gasteiger partial charge in [0.2, 0.25) is 0 Å². The monoisotopic (exact) mass is 271 g/mol. The van der Waals surface area contributed by atoms with Gasteiger partial charge in [-0.25, -0.2) is 4.79 Å². The van der Waals surface area contributed by atoms with Gasteiger partial charge >= 0.3 is 25.0 Å². The van der Waals surface area contributed by atoms with Crippen LogP contribution >= 0.6 is 0 Å². The molecule has 0 saturated carbocycles. The molecule has 1 N–H and O–H groups in total. The fraction of sp³-hybridized carbons (Fsp3) is 0.385. The molecule has 1 heterocycles. The maximum Gasteiger partial charge on any atom is 1.00 e. The molecular formula is C13H14LiNO5. The maximum atomic E-state index is 11.5. The van der Waals surface area contributed by atoms with Crippen molar-refractivity contribution in [2.45, 2.75) is 12.6 Å². The number of benzene rings is 1. The molecule has 1 aliphatic heterocycles. The fourth-order valence-electron chi connectivity index (χ4n) is 1.71. The molecule has 0 aliphatic carbocycles. The van der Waals surface area contributed by atoms with Gasteiger partial charge in [0.15, 0.2) is 0 Å². The van der Waals surface area contributed by atoms with Gasteiger partial charge in [-0.1, -0.05) is 30.3 Å². The Morgan fingerprint density at radius 1 is 1.35 bits per heavy atom. The van der Waals surface area contributed by atoms with Crippen LogP contribution in [0.25, 0.3) is 0 Å². The standard InChI is InChI=1S/C13H15NO5.Li/c15-12(16)11(10-7-18-8-10)14-13(17)19-6-9-4-2-1-3-5-9;/h1-5,10-11H,6-8H2,(H,14,17)(H,15,16);/q;+1/p-1. The molecule has 1 fully saturated rings. The summed E-state index contributed by atoms with van der Waals surface area (Å²) < 4.78 is 9.84. The Morgan fingerprint density at radius 3 is 2.50 bits per heavy atom. The topological polar surface area (TPSA) is 87.7 Å². The van der Waals surface area contributed by atoms with Crippen LogP contribution in [-0.2, 0) is 20.9 Å². The zero-order valence-electron chi connectivity index (χ0n) is 11.2. The van der Waals surface area contributed by atoms with Crippen molar-refractivity contribution < 1.29 is 43.0 Å². The quantitative estimate of drug-likeness (QED) is 0.566. The third-order valence-corrected chi connectivity index (χ3v) is 2.88. The molecule has 1 aliphatic rings. The van der Waals surface area contributed by atoms with Crippen LogP contribution in [0.3, 0.4) is 0 Å². The molecule has 0 bridgehead atoms.